The number of sulfonamides is 2. The number of halogens is 5. The van der Waals surface area contributed by atoms with Gasteiger partial charge in [0.05, 0.1) is 10.0 Å². The molecule has 3 aromatic carbocycles. The highest BCUT2D eigenvalue weighted by Crippen LogP contribution is 2.28. The molecule has 2 N–H and O–H groups in total. The average molecular weight is 639 g/mol. The topological polar surface area (TPSA) is 95.6 Å². The van der Waals surface area contributed by atoms with E-state index in [9.17, 15) is 25.6 Å². The summed E-state index contributed by atoms with van der Waals surface area (Å²) in [5.41, 5.74) is 2.22. The van der Waals surface area contributed by atoms with E-state index in [-0.39, 0.29) is 27.2 Å². The molecule has 0 spiro atoms. The second-order valence-corrected chi connectivity index (χ2v) is 13.6. The fraction of sp³-hybridized carbons (Fsp3) is 0.280. The Morgan fingerprint density at radius 3 is 2.33 bits per heavy atom. The number of hydrogen-bond donors (Lipinski definition) is 2. The van der Waals surface area contributed by atoms with Crippen molar-refractivity contribution >= 4 is 60.5 Å². The van der Waals surface area contributed by atoms with E-state index in [4.69, 9.17) is 34.8 Å². The zero-order chi connectivity index (χ0) is 28.4. The van der Waals surface area contributed by atoms with E-state index in [0.29, 0.717) is 25.6 Å². The van der Waals surface area contributed by atoms with Gasteiger partial charge in [-0.15, -0.1) is 0 Å². The van der Waals surface area contributed by atoms with Gasteiger partial charge in [0.2, 0.25) is 10.0 Å². The van der Waals surface area contributed by atoms with Crippen molar-refractivity contribution < 1.29 is 25.6 Å². The lowest BCUT2D eigenvalue weighted by Gasteiger charge is -2.29. The fourth-order valence-electron chi connectivity index (χ4n) is 4.22. The maximum absolute atomic E-state index is 14.1. The molecule has 0 bridgehead atoms. The summed E-state index contributed by atoms with van der Waals surface area (Å²) >= 11 is 17.5. The van der Waals surface area contributed by atoms with Gasteiger partial charge >= 0.3 is 0 Å². The molecule has 39 heavy (non-hydrogen) atoms. The minimum Gasteiger partial charge on any atom is -0.299 e. The molecule has 0 aromatic heterocycles. The van der Waals surface area contributed by atoms with Crippen LogP contribution in [-0.4, -0.2) is 41.4 Å². The van der Waals surface area contributed by atoms with Crippen molar-refractivity contribution in [2.24, 2.45) is 0 Å². The highest BCUT2D eigenvalue weighted by Gasteiger charge is 2.23. The zero-order valence-corrected chi connectivity index (χ0v) is 24.3. The predicted molar refractivity (Wildman–Crippen MR) is 148 cm³/mol. The van der Waals surface area contributed by atoms with Gasteiger partial charge in [0, 0.05) is 36.4 Å². The van der Waals surface area contributed by atoms with Gasteiger partial charge in [-0.2, -0.15) is 0 Å². The number of hydrogen-bond acceptors (Lipinski definition) is 5. The number of fused-ring (bicyclic) bond motifs is 1. The minimum absolute atomic E-state index is 0.0685. The van der Waals surface area contributed by atoms with Crippen molar-refractivity contribution in [1.82, 2.24) is 9.62 Å². The zero-order valence-electron chi connectivity index (χ0n) is 20.4. The molecule has 0 amide bonds. The number of nitrogens with one attached hydrogen (secondary N) is 2. The number of rotatable bonds is 10. The highest BCUT2D eigenvalue weighted by atomic mass is 35.5. The van der Waals surface area contributed by atoms with E-state index < -0.39 is 41.6 Å². The van der Waals surface area contributed by atoms with E-state index in [0.717, 1.165) is 36.6 Å². The molecule has 0 atom stereocenters. The Balaban J connectivity index is 1.32. The maximum Gasteiger partial charge on any atom is 0.264 e. The lowest BCUT2D eigenvalue weighted by molar-refractivity contribution is 0.249. The molecular formula is C25H24Cl3F2N3O4S2. The van der Waals surface area contributed by atoms with Gasteiger partial charge < -0.3 is 0 Å². The first-order valence-electron chi connectivity index (χ1n) is 11.8. The second-order valence-electron chi connectivity index (χ2n) is 8.99. The summed E-state index contributed by atoms with van der Waals surface area (Å²) in [6, 6.07) is 10.5. The minimum atomic E-state index is -4.34. The first-order valence-corrected chi connectivity index (χ1v) is 15.9. The van der Waals surface area contributed by atoms with Crippen molar-refractivity contribution in [1.29, 1.82) is 0 Å². The Kier molecular flexibility index (Phi) is 9.42. The summed E-state index contributed by atoms with van der Waals surface area (Å²) in [6.45, 7) is 2.28. The summed E-state index contributed by atoms with van der Waals surface area (Å²) in [4.78, 5) is 1.37. The molecule has 0 radical (unpaired) electrons. The lowest BCUT2D eigenvalue weighted by Crippen LogP contribution is -2.32. The van der Waals surface area contributed by atoms with Gasteiger partial charge in [0.1, 0.15) is 21.4 Å². The van der Waals surface area contributed by atoms with E-state index in [2.05, 4.69) is 14.3 Å². The summed E-state index contributed by atoms with van der Waals surface area (Å²) in [7, 11) is -8.13. The number of unbranched alkanes of at least 4 members (excludes halogenated alkanes) is 1. The van der Waals surface area contributed by atoms with Gasteiger partial charge in [-0.3, -0.25) is 9.62 Å². The smallest absolute Gasteiger partial charge is 0.264 e. The molecule has 3 aromatic rings. The number of benzene rings is 3. The molecule has 1 aliphatic rings. The van der Waals surface area contributed by atoms with Crippen molar-refractivity contribution in [2.75, 3.05) is 24.4 Å². The molecule has 0 aliphatic carbocycles. The van der Waals surface area contributed by atoms with Gasteiger partial charge in [0.25, 0.3) is 10.0 Å². The van der Waals surface area contributed by atoms with Crippen molar-refractivity contribution in [3.05, 3.63) is 86.4 Å². The number of anilines is 1. The molecule has 14 heteroatoms. The lowest BCUT2D eigenvalue weighted by atomic mass is 9.99. The Morgan fingerprint density at radius 2 is 1.56 bits per heavy atom. The van der Waals surface area contributed by atoms with Gasteiger partial charge in [-0.1, -0.05) is 40.9 Å². The third kappa shape index (κ3) is 7.40. The van der Waals surface area contributed by atoms with Crippen molar-refractivity contribution in [3.63, 3.8) is 0 Å². The molecule has 7 nitrogen and oxygen atoms in total. The van der Waals surface area contributed by atoms with Gasteiger partial charge in [0.15, 0.2) is 0 Å². The largest absolute Gasteiger partial charge is 0.299 e. The fourth-order valence-corrected chi connectivity index (χ4v) is 7.42. The van der Waals surface area contributed by atoms with Crippen LogP contribution in [0.25, 0.3) is 0 Å². The Bertz CT molecular complexity index is 1610. The molecule has 0 saturated heterocycles. The number of nitrogens with zero attached hydrogens (tertiary/aromatic N) is 1. The molecular weight excluding hydrogens is 615 g/mol. The van der Waals surface area contributed by atoms with Crippen molar-refractivity contribution in [2.45, 2.75) is 35.6 Å². The molecule has 0 fully saturated rings. The monoisotopic (exact) mass is 637 g/mol. The maximum atomic E-state index is 14.1. The van der Waals surface area contributed by atoms with Crippen LogP contribution in [0.5, 0.6) is 0 Å². The standard InChI is InChI=1S/C25H24Cl3F2N3O4S2/c26-18-4-6-20(27)24(12-18)38(34,35)31-8-1-2-9-33-10-7-16-3-5-19(11-17(16)15-33)32-39(36,37)25-13-21(28)22(29)14-23(25)30/h3-6,11-14,31-32H,1-2,7-10,15H2. The van der Waals surface area contributed by atoms with Crippen LogP contribution in [-0.2, 0) is 33.0 Å². The summed E-state index contributed by atoms with van der Waals surface area (Å²) in [5, 5.41) is -0.140. The molecule has 1 heterocycles. The van der Waals surface area contributed by atoms with Crippen LogP contribution in [0, 0.1) is 11.6 Å². The van der Waals surface area contributed by atoms with Crippen LogP contribution >= 0.6 is 34.8 Å². The second kappa shape index (κ2) is 12.3. The van der Waals surface area contributed by atoms with Gasteiger partial charge in [-0.25, -0.2) is 30.3 Å². The summed E-state index contributed by atoms with van der Waals surface area (Å²) in [5.74, 6) is -2.30. The average Bonchev–Trinajstić information content (AvgIpc) is 2.86. The molecule has 4 rings (SSSR count). The van der Waals surface area contributed by atoms with Crippen LogP contribution in [0.1, 0.15) is 24.0 Å². The first-order chi connectivity index (χ1) is 18.4. The van der Waals surface area contributed by atoms with E-state index in [1.165, 1.54) is 18.2 Å². The van der Waals surface area contributed by atoms with Crippen LogP contribution < -0.4 is 9.44 Å². The Hall–Kier alpha value is -1.99. The third-order valence-corrected chi connectivity index (χ3v) is 10.1. The SMILES string of the molecule is O=S(=O)(Nc1ccc2c(c1)CN(CCCCNS(=O)(=O)c1cc(Cl)ccc1Cl)CC2)c1cc(Cl)c(F)cc1F. The molecule has 210 valence electrons. The Labute approximate surface area is 241 Å². The molecule has 1 aliphatic heterocycles. The highest BCUT2D eigenvalue weighted by molar-refractivity contribution is 7.92. The molecule has 0 unspecified atom stereocenters. The predicted octanol–water partition coefficient (Wildman–Crippen LogP) is 5.84. The van der Waals surface area contributed by atoms with Crippen LogP contribution in [0.15, 0.2) is 58.3 Å². The van der Waals surface area contributed by atoms with Crippen LogP contribution in [0.4, 0.5) is 14.5 Å². The van der Waals surface area contributed by atoms with Crippen LogP contribution in [0.3, 0.4) is 0 Å². The summed E-state index contributed by atoms with van der Waals surface area (Å²) < 4.78 is 82.9. The molecule has 0 saturated carbocycles. The quantitative estimate of drug-likeness (QED) is 0.215. The first kappa shape index (κ1) is 30.0. The van der Waals surface area contributed by atoms with E-state index >= 15 is 0 Å². The van der Waals surface area contributed by atoms with E-state index in [1.54, 1.807) is 12.1 Å². The normalized spacial score (nSPS) is 14.3. The van der Waals surface area contributed by atoms with Gasteiger partial charge in [-0.05, 0) is 73.3 Å². The van der Waals surface area contributed by atoms with Crippen LogP contribution in [0.2, 0.25) is 15.1 Å². The van der Waals surface area contributed by atoms with Crippen molar-refractivity contribution in [3.8, 4) is 0 Å². The third-order valence-electron chi connectivity index (χ3n) is 6.19. The summed E-state index contributed by atoms with van der Waals surface area (Å²) in [6.07, 6.45) is 2.06. The Morgan fingerprint density at radius 1 is 0.795 bits per heavy atom. The van der Waals surface area contributed by atoms with E-state index in [1.807, 2.05) is 6.07 Å².